The molecule has 22 heavy (non-hydrogen) atoms. The fourth-order valence-electron chi connectivity index (χ4n) is 2.52. The van der Waals surface area contributed by atoms with Gasteiger partial charge in [0.05, 0.1) is 13.2 Å². The van der Waals surface area contributed by atoms with E-state index >= 15 is 0 Å². The van der Waals surface area contributed by atoms with Gasteiger partial charge in [0.25, 0.3) is 5.91 Å². The van der Waals surface area contributed by atoms with E-state index in [2.05, 4.69) is 4.98 Å². The van der Waals surface area contributed by atoms with Crippen molar-refractivity contribution in [2.75, 3.05) is 19.7 Å². The van der Waals surface area contributed by atoms with Crippen LogP contribution in [0.3, 0.4) is 0 Å². The maximum atomic E-state index is 13.6. The molecule has 2 heterocycles. The highest BCUT2D eigenvalue weighted by Crippen LogP contribution is 2.23. The number of aromatic nitrogens is 1. The molecule has 5 heteroatoms. The molecule has 0 bridgehead atoms. The van der Waals surface area contributed by atoms with Crippen molar-refractivity contribution in [3.63, 3.8) is 0 Å². The van der Waals surface area contributed by atoms with E-state index in [1.807, 2.05) is 12.1 Å². The molecule has 1 aliphatic heterocycles. The minimum absolute atomic E-state index is 0.166. The Morgan fingerprint density at radius 2 is 2.09 bits per heavy atom. The van der Waals surface area contributed by atoms with Gasteiger partial charge >= 0.3 is 0 Å². The molecule has 0 radical (unpaired) electrons. The number of hydrogen-bond acceptors (Lipinski definition) is 3. The highest BCUT2D eigenvalue weighted by molar-refractivity contribution is 5.94. The summed E-state index contributed by atoms with van der Waals surface area (Å²) >= 11 is 0. The largest absolute Gasteiger partial charge is 0.370 e. The number of rotatable bonds is 2. The fourth-order valence-corrected chi connectivity index (χ4v) is 2.52. The van der Waals surface area contributed by atoms with Crippen LogP contribution in [0.5, 0.6) is 0 Å². The van der Waals surface area contributed by atoms with Crippen LogP contribution in [0.1, 0.15) is 27.6 Å². The normalized spacial score (nSPS) is 18.3. The van der Waals surface area contributed by atoms with Crippen LogP contribution in [0, 0.1) is 12.7 Å². The summed E-state index contributed by atoms with van der Waals surface area (Å²) in [5, 5.41) is 0. The topological polar surface area (TPSA) is 42.4 Å². The highest BCUT2D eigenvalue weighted by Gasteiger charge is 2.26. The Hall–Kier alpha value is -2.27. The molecule has 4 nitrogen and oxygen atoms in total. The van der Waals surface area contributed by atoms with Crippen LogP contribution in [0.25, 0.3) is 0 Å². The number of amides is 1. The standard InChI is InChI=1S/C17H17FN2O2/c1-12-2-3-14(10-15(12)18)17(21)20-8-9-22-16(11-20)13-4-6-19-7-5-13/h2-7,10,16H,8-9,11H2,1H3/t16-/m1/s1. The molecule has 0 saturated carbocycles. The maximum absolute atomic E-state index is 13.6. The molecule has 1 amide bonds. The smallest absolute Gasteiger partial charge is 0.254 e. The fraction of sp³-hybridized carbons (Fsp3) is 0.294. The Morgan fingerprint density at radius 1 is 1.32 bits per heavy atom. The molecule has 2 aromatic rings. The van der Waals surface area contributed by atoms with Crippen LogP contribution in [0.4, 0.5) is 4.39 Å². The van der Waals surface area contributed by atoms with E-state index in [9.17, 15) is 9.18 Å². The van der Waals surface area contributed by atoms with E-state index < -0.39 is 0 Å². The number of aryl methyl sites for hydroxylation is 1. The SMILES string of the molecule is Cc1ccc(C(=O)N2CCO[C@@H](c3ccncc3)C2)cc1F. The quantitative estimate of drug-likeness (QED) is 0.856. The average molecular weight is 300 g/mol. The number of benzene rings is 1. The number of carbonyl (C=O) groups is 1. The Kier molecular flexibility index (Phi) is 4.15. The third-order valence-electron chi connectivity index (χ3n) is 3.85. The van der Waals surface area contributed by atoms with Crippen LogP contribution in [0.15, 0.2) is 42.7 Å². The molecule has 0 spiro atoms. The first kappa shape index (κ1) is 14.7. The van der Waals surface area contributed by atoms with Gasteiger partial charge in [0.2, 0.25) is 0 Å². The third-order valence-corrected chi connectivity index (χ3v) is 3.85. The van der Waals surface area contributed by atoms with E-state index in [1.165, 1.54) is 6.07 Å². The number of carbonyl (C=O) groups excluding carboxylic acids is 1. The summed E-state index contributed by atoms with van der Waals surface area (Å²) in [5.74, 6) is -0.522. The van der Waals surface area contributed by atoms with Crippen LogP contribution in [-0.2, 0) is 4.74 Å². The minimum Gasteiger partial charge on any atom is -0.370 e. The van der Waals surface area contributed by atoms with Crippen LogP contribution in [0.2, 0.25) is 0 Å². The molecule has 1 atom stereocenters. The van der Waals surface area contributed by atoms with Gasteiger partial charge in [-0.25, -0.2) is 4.39 Å². The lowest BCUT2D eigenvalue weighted by Crippen LogP contribution is -2.42. The molecule has 0 unspecified atom stereocenters. The molecule has 3 rings (SSSR count). The molecule has 1 aromatic heterocycles. The summed E-state index contributed by atoms with van der Waals surface area (Å²) < 4.78 is 19.4. The number of pyridine rings is 1. The van der Waals surface area contributed by atoms with Crippen LogP contribution in [-0.4, -0.2) is 35.5 Å². The number of ether oxygens (including phenoxy) is 1. The lowest BCUT2D eigenvalue weighted by molar-refractivity contribution is -0.0228. The van der Waals surface area contributed by atoms with Gasteiger partial charge in [-0.05, 0) is 42.3 Å². The van der Waals surface area contributed by atoms with Gasteiger partial charge in [-0.2, -0.15) is 0 Å². The second kappa shape index (κ2) is 6.23. The number of nitrogens with zero attached hydrogens (tertiary/aromatic N) is 2. The summed E-state index contributed by atoms with van der Waals surface area (Å²) in [7, 11) is 0. The molecule has 0 N–H and O–H groups in total. The number of halogens is 1. The first-order valence-electron chi connectivity index (χ1n) is 7.22. The molecule has 0 aliphatic carbocycles. The van der Waals surface area contributed by atoms with Crippen molar-refractivity contribution in [3.05, 3.63) is 65.2 Å². The summed E-state index contributed by atoms with van der Waals surface area (Å²) in [6.45, 7) is 3.11. The Bertz CT molecular complexity index is 676. The van der Waals surface area contributed by atoms with E-state index in [0.717, 1.165) is 5.56 Å². The summed E-state index contributed by atoms with van der Waals surface area (Å²) in [5.41, 5.74) is 1.90. The zero-order chi connectivity index (χ0) is 15.5. The van der Waals surface area contributed by atoms with E-state index in [4.69, 9.17) is 4.74 Å². The van der Waals surface area contributed by atoms with E-state index in [0.29, 0.717) is 30.8 Å². The minimum atomic E-state index is -0.357. The summed E-state index contributed by atoms with van der Waals surface area (Å²) in [6, 6.07) is 8.35. The van der Waals surface area contributed by atoms with Crippen LogP contribution < -0.4 is 0 Å². The van der Waals surface area contributed by atoms with Gasteiger partial charge in [0.15, 0.2) is 0 Å². The molecular formula is C17H17FN2O2. The lowest BCUT2D eigenvalue weighted by Gasteiger charge is -2.33. The zero-order valence-electron chi connectivity index (χ0n) is 12.3. The van der Waals surface area contributed by atoms with Crippen molar-refractivity contribution in [1.29, 1.82) is 0 Å². The van der Waals surface area contributed by atoms with Gasteiger partial charge < -0.3 is 9.64 Å². The second-order valence-electron chi connectivity index (χ2n) is 5.36. The summed E-state index contributed by atoms with van der Waals surface area (Å²) in [4.78, 5) is 18.2. The monoisotopic (exact) mass is 300 g/mol. The van der Waals surface area contributed by atoms with Crippen molar-refractivity contribution in [2.24, 2.45) is 0 Å². The first-order chi connectivity index (χ1) is 10.6. The molecule has 1 fully saturated rings. The third kappa shape index (κ3) is 2.99. The highest BCUT2D eigenvalue weighted by atomic mass is 19.1. The van der Waals surface area contributed by atoms with E-state index in [1.54, 1.807) is 36.4 Å². The molecular weight excluding hydrogens is 283 g/mol. The van der Waals surface area contributed by atoms with Gasteiger partial charge in [0.1, 0.15) is 11.9 Å². The Morgan fingerprint density at radius 3 is 2.82 bits per heavy atom. The van der Waals surface area contributed by atoms with Gasteiger partial charge in [-0.1, -0.05) is 6.07 Å². The molecule has 1 aromatic carbocycles. The van der Waals surface area contributed by atoms with E-state index in [-0.39, 0.29) is 17.8 Å². The van der Waals surface area contributed by atoms with Crippen molar-refractivity contribution >= 4 is 5.91 Å². The Balaban J connectivity index is 1.76. The molecule has 1 saturated heterocycles. The number of hydrogen-bond donors (Lipinski definition) is 0. The maximum Gasteiger partial charge on any atom is 0.254 e. The molecule has 1 aliphatic rings. The predicted octanol–water partition coefficient (Wildman–Crippen LogP) is 2.74. The van der Waals surface area contributed by atoms with Crippen LogP contribution >= 0.6 is 0 Å². The molecule has 114 valence electrons. The average Bonchev–Trinajstić information content (AvgIpc) is 2.57. The zero-order valence-corrected chi connectivity index (χ0v) is 12.3. The van der Waals surface area contributed by atoms with Crippen molar-refractivity contribution < 1.29 is 13.9 Å². The number of morpholine rings is 1. The lowest BCUT2D eigenvalue weighted by atomic mass is 10.1. The second-order valence-corrected chi connectivity index (χ2v) is 5.36. The van der Waals surface area contributed by atoms with Crippen molar-refractivity contribution in [2.45, 2.75) is 13.0 Å². The summed E-state index contributed by atoms with van der Waals surface area (Å²) in [6.07, 6.45) is 3.24. The van der Waals surface area contributed by atoms with Crippen molar-refractivity contribution in [1.82, 2.24) is 9.88 Å². The van der Waals surface area contributed by atoms with Gasteiger partial charge in [0, 0.05) is 24.5 Å². The first-order valence-corrected chi connectivity index (χ1v) is 7.22. The van der Waals surface area contributed by atoms with Gasteiger partial charge in [-0.15, -0.1) is 0 Å². The Labute approximate surface area is 128 Å². The van der Waals surface area contributed by atoms with Gasteiger partial charge in [-0.3, -0.25) is 9.78 Å². The van der Waals surface area contributed by atoms with Crippen molar-refractivity contribution in [3.8, 4) is 0 Å². The predicted molar refractivity (Wildman–Crippen MR) is 80.0 cm³/mol.